The maximum Gasteiger partial charge on any atom is 0.433 e. The standard InChI is InChI=1S/C20H19F3N8O/c1-32-13-6-2-5-12-15(13)27-18(24)31-17(12)28-16(29-31)11-4-3-9-30(10-11)19-25-8-7-14(26-19)20(21,22)23/h2,5-8,11H,3-4,9-10H2,1H3,(H2,24,27)/t11-/m1/s1. The van der Waals surface area contributed by atoms with E-state index in [4.69, 9.17) is 15.5 Å². The summed E-state index contributed by atoms with van der Waals surface area (Å²) in [5.74, 6) is 1.22. The molecule has 1 atom stereocenters. The second-order valence-corrected chi connectivity index (χ2v) is 7.56. The van der Waals surface area contributed by atoms with Crippen molar-refractivity contribution in [1.82, 2.24) is 29.5 Å². The van der Waals surface area contributed by atoms with Gasteiger partial charge in [-0.25, -0.2) is 19.9 Å². The highest BCUT2D eigenvalue weighted by Crippen LogP contribution is 2.32. The molecule has 0 saturated carbocycles. The Hall–Kier alpha value is -3.70. The number of anilines is 2. The van der Waals surface area contributed by atoms with Crippen molar-refractivity contribution in [3.05, 3.63) is 42.0 Å². The summed E-state index contributed by atoms with van der Waals surface area (Å²) in [6.07, 6.45) is -1.88. The summed E-state index contributed by atoms with van der Waals surface area (Å²) >= 11 is 0. The Morgan fingerprint density at radius 2 is 2.00 bits per heavy atom. The van der Waals surface area contributed by atoms with E-state index in [0.29, 0.717) is 35.8 Å². The molecule has 0 unspecified atom stereocenters. The third kappa shape index (κ3) is 3.41. The van der Waals surface area contributed by atoms with E-state index in [1.165, 1.54) is 4.52 Å². The van der Waals surface area contributed by atoms with Crippen LogP contribution in [0.3, 0.4) is 0 Å². The molecular formula is C20H19F3N8O. The molecule has 3 aromatic heterocycles. The first kappa shape index (κ1) is 20.2. The number of nitrogen functional groups attached to an aromatic ring is 1. The molecule has 5 rings (SSSR count). The zero-order valence-electron chi connectivity index (χ0n) is 17.0. The number of rotatable bonds is 3. The molecule has 1 aliphatic heterocycles. The lowest BCUT2D eigenvalue weighted by molar-refractivity contribution is -0.141. The number of nitrogens with zero attached hydrogens (tertiary/aromatic N) is 7. The van der Waals surface area contributed by atoms with Crippen LogP contribution >= 0.6 is 0 Å². The molecule has 1 fully saturated rings. The quantitative estimate of drug-likeness (QED) is 0.514. The zero-order chi connectivity index (χ0) is 22.5. The molecule has 2 N–H and O–H groups in total. The number of alkyl halides is 3. The predicted octanol–water partition coefficient (Wildman–Crippen LogP) is 3.06. The van der Waals surface area contributed by atoms with E-state index in [2.05, 4.69) is 20.1 Å². The monoisotopic (exact) mass is 444 g/mol. The molecule has 1 aliphatic rings. The molecule has 0 radical (unpaired) electrons. The highest BCUT2D eigenvalue weighted by atomic mass is 19.4. The van der Waals surface area contributed by atoms with Crippen LogP contribution in [0.15, 0.2) is 30.5 Å². The van der Waals surface area contributed by atoms with E-state index in [0.717, 1.165) is 30.5 Å². The number of hydrogen-bond donors (Lipinski definition) is 1. The molecule has 1 aromatic carbocycles. The van der Waals surface area contributed by atoms with Gasteiger partial charge in [0.05, 0.1) is 7.11 Å². The molecule has 4 aromatic rings. The van der Waals surface area contributed by atoms with Gasteiger partial charge in [0, 0.05) is 30.6 Å². The van der Waals surface area contributed by atoms with E-state index >= 15 is 0 Å². The van der Waals surface area contributed by atoms with E-state index in [1.54, 1.807) is 18.1 Å². The van der Waals surface area contributed by atoms with E-state index in [-0.39, 0.29) is 17.8 Å². The van der Waals surface area contributed by atoms with Crippen LogP contribution in [0.4, 0.5) is 25.1 Å². The van der Waals surface area contributed by atoms with Crippen molar-refractivity contribution >= 4 is 28.4 Å². The molecule has 4 heterocycles. The van der Waals surface area contributed by atoms with Crippen LogP contribution in [-0.2, 0) is 6.18 Å². The summed E-state index contributed by atoms with van der Waals surface area (Å²) in [7, 11) is 1.55. The normalized spacial score (nSPS) is 17.2. The van der Waals surface area contributed by atoms with Gasteiger partial charge in [-0.1, -0.05) is 6.07 Å². The highest BCUT2D eigenvalue weighted by Gasteiger charge is 2.34. The maximum absolute atomic E-state index is 13.1. The minimum absolute atomic E-state index is 0.0460. The molecule has 0 amide bonds. The van der Waals surface area contributed by atoms with Gasteiger partial charge in [0.2, 0.25) is 11.9 Å². The summed E-state index contributed by atoms with van der Waals surface area (Å²) in [5.41, 5.74) is 6.29. The van der Waals surface area contributed by atoms with Crippen molar-refractivity contribution in [2.24, 2.45) is 0 Å². The van der Waals surface area contributed by atoms with Crippen molar-refractivity contribution < 1.29 is 17.9 Å². The van der Waals surface area contributed by atoms with Crippen molar-refractivity contribution in [3.63, 3.8) is 0 Å². The smallest absolute Gasteiger partial charge is 0.433 e. The Morgan fingerprint density at radius 3 is 2.78 bits per heavy atom. The number of aromatic nitrogens is 6. The lowest BCUT2D eigenvalue weighted by atomic mass is 9.97. The second-order valence-electron chi connectivity index (χ2n) is 7.56. The highest BCUT2D eigenvalue weighted by molar-refractivity contribution is 5.95. The van der Waals surface area contributed by atoms with Gasteiger partial charge in [0.15, 0.2) is 11.5 Å². The van der Waals surface area contributed by atoms with Crippen molar-refractivity contribution in [1.29, 1.82) is 0 Å². The molecular weight excluding hydrogens is 425 g/mol. The lowest BCUT2D eigenvalue weighted by Gasteiger charge is -2.31. The van der Waals surface area contributed by atoms with E-state index < -0.39 is 11.9 Å². The molecule has 0 aliphatic carbocycles. The van der Waals surface area contributed by atoms with Crippen LogP contribution in [0.2, 0.25) is 0 Å². The number of benzene rings is 1. The van der Waals surface area contributed by atoms with E-state index in [9.17, 15) is 13.2 Å². The van der Waals surface area contributed by atoms with Crippen LogP contribution in [-0.4, -0.2) is 49.7 Å². The Kier molecular flexibility index (Phi) is 4.72. The Balaban J connectivity index is 1.50. The SMILES string of the molecule is COc1cccc2c1nc(N)n1nc([C@@H]3CCCN(c4nccc(C(F)(F)F)n4)C3)nc21. The zero-order valence-corrected chi connectivity index (χ0v) is 17.0. The first-order valence-corrected chi connectivity index (χ1v) is 9.99. The number of ether oxygens (including phenoxy) is 1. The van der Waals surface area contributed by atoms with Gasteiger partial charge in [0.1, 0.15) is 17.0 Å². The summed E-state index contributed by atoms with van der Waals surface area (Å²) in [4.78, 5) is 18.6. The summed E-state index contributed by atoms with van der Waals surface area (Å²) < 4.78 is 46.0. The minimum Gasteiger partial charge on any atom is -0.494 e. The molecule has 1 saturated heterocycles. The van der Waals surface area contributed by atoms with Crippen LogP contribution in [0, 0.1) is 0 Å². The van der Waals surface area contributed by atoms with Gasteiger partial charge >= 0.3 is 6.18 Å². The average molecular weight is 444 g/mol. The number of halogens is 3. The summed E-state index contributed by atoms with van der Waals surface area (Å²) in [5, 5.41) is 5.30. The van der Waals surface area contributed by atoms with Crippen molar-refractivity contribution in [2.45, 2.75) is 24.9 Å². The number of fused-ring (bicyclic) bond motifs is 3. The van der Waals surface area contributed by atoms with Crippen molar-refractivity contribution in [3.8, 4) is 5.75 Å². The molecule has 12 heteroatoms. The van der Waals surface area contributed by atoms with Crippen molar-refractivity contribution in [2.75, 3.05) is 30.8 Å². The lowest BCUT2D eigenvalue weighted by Crippen LogP contribution is -2.36. The Morgan fingerprint density at radius 1 is 1.16 bits per heavy atom. The predicted molar refractivity (Wildman–Crippen MR) is 110 cm³/mol. The number of nitrogens with two attached hydrogens (primary N) is 1. The molecule has 32 heavy (non-hydrogen) atoms. The summed E-state index contributed by atoms with van der Waals surface area (Å²) in [6.45, 7) is 0.946. The van der Waals surface area contributed by atoms with Crippen LogP contribution in [0.5, 0.6) is 5.75 Å². The molecule has 0 spiro atoms. The van der Waals surface area contributed by atoms with Gasteiger partial charge in [-0.2, -0.15) is 17.7 Å². The number of piperidine rings is 1. The minimum atomic E-state index is -4.53. The van der Waals surface area contributed by atoms with Gasteiger partial charge in [0.25, 0.3) is 0 Å². The van der Waals surface area contributed by atoms with Gasteiger partial charge in [-0.15, -0.1) is 5.10 Å². The maximum atomic E-state index is 13.1. The number of methoxy groups -OCH3 is 1. The van der Waals surface area contributed by atoms with Crippen LogP contribution in [0.25, 0.3) is 16.6 Å². The average Bonchev–Trinajstić information content (AvgIpc) is 3.25. The number of hydrogen-bond acceptors (Lipinski definition) is 8. The van der Waals surface area contributed by atoms with Gasteiger partial charge in [-0.05, 0) is 31.0 Å². The number of para-hydroxylation sites is 1. The molecule has 9 nitrogen and oxygen atoms in total. The topological polar surface area (TPSA) is 107 Å². The largest absolute Gasteiger partial charge is 0.494 e. The fourth-order valence-electron chi connectivity index (χ4n) is 4.01. The first-order valence-electron chi connectivity index (χ1n) is 9.99. The third-order valence-corrected chi connectivity index (χ3v) is 5.53. The van der Waals surface area contributed by atoms with Crippen LogP contribution in [0.1, 0.15) is 30.3 Å². The second kappa shape index (κ2) is 7.46. The molecule has 166 valence electrons. The Bertz CT molecular complexity index is 1310. The molecule has 0 bridgehead atoms. The van der Waals surface area contributed by atoms with Gasteiger partial charge < -0.3 is 15.4 Å². The van der Waals surface area contributed by atoms with Crippen LogP contribution < -0.4 is 15.4 Å². The fourth-order valence-corrected chi connectivity index (χ4v) is 4.01. The van der Waals surface area contributed by atoms with Gasteiger partial charge in [-0.3, -0.25) is 0 Å². The first-order chi connectivity index (χ1) is 15.3. The summed E-state index contributed by atoms with van der Waals surface area (Å²) in [6, 6.07) is 6.35. The Labute approximate surface area is 180 Å². The fraction of sp³-hybridized carbons (Fsp3) is 0.350. The van der Waals surface area contributed by atoms with E-state index in [1.807, 2.05) is 12.1 Å². The third-order valence-electron chi connectivity index (χ3n) is 5.53.